The van der Waals surface area contributed by atoms with Gasteiger partial charge in [0.05, 0.1) is 12.0 Å². The van der Waals surface area contributed by atoms with Crippen molar-refractivity contribution in [3.63, 3.8) is 0 Å². The standard InChI is InChI=1S/C10H13F3O3/c1-4-2-5(4)7-3-6(9(14)15)8(16-7)10(11,12)13/h4-8H,2-3H2,1H3,(H,14,15). The molecular formula is C10H13F3O3. The van der Waals surface area contributed by atoms with Crippen LogP contribution in [-0.2, 0) is 9.53 Å². The summed E-state index contributed by atoms with van der Waals surface area (Å²) >= 11 is 0. The lowest BCUT2D eigenvalue weighted by atomic mass is 9.97. The number of rotatable bonds is 2. The smallest absolute Gasteiger partial charge is 0.415 e. The quantitative estimate of drug-likeness (QED) is 0.801. The van der Waals surface area contributed by atoms with Crippen LogP contribution >= 0.6 is 0 Å². The molecule has 92 valence electrons. The van der Waals surface area contributed by atoms with E-state index < -0.39 is 30.3 Å². The van der Waals surface area contributed by atoms with Crippen LogP contribution in [0.15, 0.2) is 0 Å². The number of ether oxygens (including phenoxy) is 1. The molecule has 1 saturated carbocycles. The Bertz CT molecular complexity index is 302. The topological polar surface area (TPSA) is 46.5 Å². The summed E-state index contributed by atoms with van der Waals surface area (Å²) in [4.78, 5) is 10.7. The molecule has 0 aromatic carbocycles. The summed E-state index contributed by atoms with van der Waals surface area (Å²) < 4.78 is 42.5. The van der Waals surface area contributed by atoms with Gasteiger partial charge < -0.3 is 9.84 Å². The average molecular weight is 238 g/mol. The van der Waals surface area contributed by atoms with E-state index in [1.165, 1.54) is 0 Å². The molecule has 2 aliphatic rings. The molecule has 5 unspecified atom stereocenters. The highest BCUT2D eigenvalue weighted by atomic mass is 19.4. The maximum absolute atomic E-state index is 12.5. The molecule has 0 amide bonds. The molecule has 3 nitrogen and oxygen atoms in total. The van der Waals surface area contributed by atoms with E-state index in [1.807, 2.05) is 6.92 Å². The number of aliphatic carboxylic acids is 1. The molecule has 0 aromatic rings. The van der Waals surface area contributed by atoms with Crippen LogP contribution in [0.5, 0.6) is 0 Å². The van der Waals surface area contributed by atoms with Gasteiger partial charge in [0.2, 0.25) is 0 Å². The zero-order chi connectivity index (χ0) is 12.1. The van der Waals surface area contributed by atoms with E-state index in [2.05, 4.69) is 0 Å². The molecular weight excluding hydrogens is 225 g/mol. The van der Waals surface area contributed by atoms with Crippen LogP contribution < -0.4 is 0 Å². The number of hydrogen-bond acceptors (Lipinski definition) is 2. The molecule has 2 fully saturated rings. The lowest BCUT2D eigenvalue weighted by Crippen LogP contribution is -2.37. The Hall–Kier alpha value is -0.780. The van der Waals surface area contributed by atoms with Crippen LogP contribution in [0, 0.1) is 17.8 Å². The number of carboxylic acids is 1. The van der Waals surface area contributed by atoms with Crippen molar-refractivity contribution in [1.29, 1.82) is 0 Å². The van der Waals surface area contributed by atoms with Gasteiger partial charge in [0.25, 0.3) is 0 Å². The van der Waals surface area contributed by atoms with E-state index in [0.29, 0.717) is 5.92 Å². The molecule has 1 heterocycles. The third-order valence-electron chi connectivity index (χ3n) is 3.46. The zero-order valence-electron chi connectivity index (χ0n) is 8.70. The van der Waals surface area contributed by atoms with Crippen molar-refractivity contribution in [3.05, 3.63) is 0 Å². The molecule has 1 aliphatic heterocycles. The van der Waals surface area contributed by atoms with Gasteiger partial charge in [-0.1, -0.05) is 6.92 Å². The fourth-order valence-electron chi connectivity index (χ4n) is 2.39. The van der Waals surface area contributed by atoms with Crippen molar-refractivity contribution < 1.29 is 27.8 Å². The number of alkyl halides is 3. The maximum atomic E-state index is 12.5. The van der Waals surface area contributed by atoms with Crippen molar-refractivity contribution in [2.24, 2.45) is 17.8 Å². The molecule has 1 saturated heterocycles. The molecule has 1 N–H and O–H groups in total. The summed E-state index contributed by atoms with van der Waals surface area (Å²) in [5.41, 5.74) is 0. The molecule has 0 radical (unpaired) electrons. The fraction of sp³-hybridized carbons (Fsp3) is 0.900. The van der Waals surface area contributed by atoms with Gasteiger partial charge in [-0.05, 0) is 24.7 Å². The lowest BCUT2D eigenvalue weighted by Gasteiger charge is -2.18. The summed E-state index contributed by atoms with van der Waals surface area (Å²) in [6.07, 6.45) is -6.45. The van der Waals surface area contributed by atoms with E-state index >= 15 is 0 Å². The Balaban J connectivity index is 2.09. The van der Waals surface area contributed by atoms with Gasteiger partial charge in [0.1, 0.15) is 0 Å². The van der Waals surface area contributed by atoms with Gasteiger partial charge in [-0.15, -0.1) is 0 Å². The largest absolute Gasteiger partial charge is 0.481 e. The Morgan fingerprint density at radius 2 is 1.94 bits per heavy atom. The summed E-state index contributed by atoms with van der Waals surface area (Å²) in [6.45, 7) is 1.94. The second kappa shape index (κ2) is 3.61. The van der Waals surface area contributed by atoms with E-state index in [1.54, 1.807) is 0 Å². The van der Waals surface area contributed by atoms with Crippen molar-refractivity contribution in [2.45, 2.75) is 38.1 Å². The van der Waals surface area contributed by atoms with Gasteiger partial charge in [-0.25, -0.2) is 0 Å². The average Bonchev–Trinajstić information content (AvgIpc) is 2.70. The van der Waals surface area contributed by atoms with E-state index in [0.717, 1.165) is 6.42 Å². The summed E-state index contributed by atoms with van der Waals surface area (Å²) in [7, 11) is 0. The minimum absolute atomic E-state index is 0.0193. The molecule has 2 rings (SSSR count). The zero-order valence-corrected chi connectivity index (χ0v) is 8.70. The molecule has 0 bridgehead atoms. The second-order valence-corrected chi connectivity index (χ2v) is 4.69. The highest BCUT2D eigenvalue weighted by Crippen LogP contribution is 2.49. The molecule has 1 aliphatic carbocycles. The Morgan fingerprint density at radius 3 is 2.25 bits per heavy atom. The van der Waals surface area contributed by atoms with Crippen molar-refractivity contribution in [2.75, 3.05) is 0 Å². The highest BCUT2D eigenvalue weighted by molar-refractivity contribution is 5.71. The van der Waals surface area contributed by atoms with Crippen molar-refractivity contribution in [1.82, 2.24) is 0 Å². The Labute approximate surface area is 90.6 Å². The van der Waals surface area contributed by atoms with E-state index in [4.69, 9.17) is 9.84 Å². The molecule has 0 aromatic heterocycles. The Kier molecular flexibility index (Phi) is 2.64. The van der Waals surface area contributed by atoms with Crippen LogP contribution in [0.1, 0.15) is 19.8 Å². The van der Waals surface area contributed by atoms with Gasteiger partial charge in [0, 0.05) is 0 Å². The summed E-state index contributed by atoms with van der Waals surface area (Å²) in [6, 6.07) is 0. The van der Waals surface area contributed by atoms with Crippen LogP contribution in [0.3, 0.4) is 0 Å². The third-order valence-corrected chi connectivity index (χ3v) is 3.46. The first-order valence-corrected chi connectivity index (χ1v) is 5.25. The van der Waals surface area contributed by atoms with Crippen LogP contribution in [0.2, 0.25) is 0 Å². The first-order valence-electron chi connectivity index (χ1n) is 5.25. The number of carbonyl (C=O) groups is 1. The molecule has 16 heavy (non-hydrogen) atoms. The molecule has 6 heteroatoms. The minimum atomic E-state index is -4.59. The van der Waals surface area contributed by atoms with E-state index in [-0.39, 0.29) is 12.3 Å². The van der Waals surface area contributed by atoms with Crippen molar-refractivity contribution >= 4 is 5.97 Å². The highest BCUT2D eigenvalue weighted by Gasteiger charge is 2.57. The predicted octanol–water partition coefficient (Wildman–Crippen LogP) is 2.06. The number of hydrogen-bond donors (Lipinski definition) is 1. The van der Waals surface area contributed by atoms with Crippen LogP contribution in [0.25, 0.3) is 0 Å². The van der Waals surface area contributed by atoms with Gasteiger partial charge in [0.15, 0.2) is 6.10 Å². The third kappa shape index (κ3) is 2.03. The SMILES string of the molecule is CC1CC1C1CC(C(=O)O)C(C(F)(F)F)O1. The first-order chi connectivity index (χ1) is 7.30. The minimum Gasteiger partial charge on any atom is -0.481 e. The maximum Gasteiger partial charge on any atom is 0.415 e. The Morgan fingerprint density at radius 1 is 1.38 bits per heavy atom. The summed E-state index contributed by atoms with van der Waals surface area (Å²) in [5, 5.41) is 8.75. The van der Waals surface area contributed by atoms with Crippen LogP contribution in [0.4, 0.5) is 13.2 Å². The lowest BCUT2D eigenvalue weighted by molar-refractivity contribution is -0.227. The van der Waals surface area contributed by atoms with Gasteiger partial charge in [-0.2, -0.15) is 13.2 Å². The molecule has 5 atom stereocenters. The monoisotopic (exact) mass is 238 g/mol. The van der Waals surface area contributed by atoms with Crippen molar-refractivity contribution in [3.8, 4) is 0 Å². The van der Waals surface area contributed by atoms with Gasteiger partial charge in [-0.3, -0.25) is 4.79 Å². The predicted molar refractivity (Wildman–Crippen MR) is 47.7 cm³/mol. The normalized spacial score (nSPS) is 43.4. The van der Waals surface area contributed by atoms with Gasteiger partial charge >= 0.3 is 12.1 Å². The van der Waals surface area contributed by atoms with Crippen LogP contribution in [-0.4, -0.2) is 29.5 Å². The van der Waals surface area contributed by atoms with E-state index in [9.17, 15) is 18.0 Å². The molecule has 0 spiro atoms. The first kappa shape index (κ1) is 11.7. The number of carboxylic acid groups (broad SMARTS) is 1. The summed E-state index contributed by atoms with van der Waals surface area (Å²) in [5.74, 6) is -2.41. The second-order valence-electron chi connectivity index (χ2n) is 4.69. The number of halogens is 3. The fourth-order valence-corrected chi connectivity index (χ4v) is 2.39.